The molecule has 7 nitrogen and oxygen atoms in total. The minimum absolute atomic E-state index is 0.111. The SMILES string of the molecule is NCc1cn(Cc2cc(=O)n3ccccc3n2)nn1. The van der Waals surface area contributed by atoms with E-state index >= 15 is 0 Å². The number of hydrogen-bond donors (Lipinski definition) is 1. The van der Waals surface area contributed by atoms with Crippen LogP contribution in [0.1, 0.15) is 11.4 Å². The van der Waals surface area contributed by atoms with Gasteiger partial charge in [-0.1, -0.05) is 11.3 Å². The zero-order chi connectivity index (χ0) is 13.2. The Morgan fingerprint density at radius 1 is 1.26 bits per heavy atom. The zero-order valence-corrected chi connectivity index (χ0v) is 10.1. The highest BCUT2D eigenvalue weighted by Crippen LogP contribution is 2.01. The van der Waals surface area contributed by atoms with Crippen molar-refractivity contribution in [1.82, 2.24) is 24.4 Å². The average Bonchev–Trinajstić information content (AvgIpc) is 2.86. The van der Waals surface area contributed by atoms with Gasteiger partial charge in [-0.25, -0.2) is 9.67 Å². The van der Waals surface area contributed by atoms with Gasteiger partial charge in [0, 0.05) is 18.8 Å². The van der Waals surface area contributed by atoms with Crippen LogP contribution in [0.15, 0.2) is 41.5 Å². The maximum Gasteiger partial charge on any atom is 0.258 e. The summed E-state index contributed by atoms with van der Waals surface area (Å²) in [6.45, 7) is 0.738. The smallest absolute Gasteiger partial charge is 0.258 e. The number of nitrogens with two attached hydrogens (primary N) is 1. The number of aromatic nitrogens is 5. The van der Waals surface area contributed by atoms with Crippen LogP contribution in [0.3, 0.4) is 0 Å². The van der Waals surface area contributed by atoms with Crippen LogP contribution in [0.2, 0.25) is 0 Å². The fraction of sp³-hybridized carbons (Fsp3) is 0.167. The predicted molar refractivity (Wildman–Crippen MR) is 68.5 cm³/mol. The van der Waals surface area contributed by atoms with Crippen LogP contribution in [0.5, 0.6) is 0 Å². The van der Waals surface area contributed by atoms with Crippen molar-refractivity contribution in [2.45, 2.75) is 13.1 Å². The van der Waals surface area contributed by atoms with Crippen LogP contribution < -0.4 is 11.3 Å². The Morgan fingerprint density at radius 3 is 2.95 bits per heavy atom. The molecule has 0 bridgehead atoms. The molecule has 0 atom stereocenters. The standard InChI is InChI=1S/C12H12N6O/c13-6-10-8-17(16-15-10)7-9-5-12(19)18-4-2-1-3-11(18)14-9/h1-5,8H,6-7,13H2. The van der Waals surface area contributed by atoms with Crippen molar-refractivity contribution in [2.24, 2.45) is 5.73 Å². The summed E-state index contributed by atoms with van der Waals surface area (Å²) in [6.07, 6.45) is 3.44. The summed E-state index contributed by atoms with van der Waals surface area (Å²) < 4.78 is 3.11. The Hall–Kier alpha value is -2.54. The number of hydrogen-bond acceptors (Lipinski definition) is 5. The van der Waals surface area contributed by atoms with Crippen LogP contribution in [-0.4, -0.2) is 24.4 Å². The molecule has 96 valence electrons. The molecule has 2 N–H and O–H groups in total. The van der Waals surface area contributed by atoms with E-state index < -0.39 is 0 Å². The number of nitrogens with zero attached hydrogens (tertiary/aromatic N) is 5. The van der Waals surface area contributed by atoms with Gasteiger partial charge in [-0.15, -0.1) is 5.10 Å². The summed E-state index contributed by atoms with van der Waals surface area (Å²) in [7, 11) is 0. The second kappa shape index (κ2) is 4.62. The number of rotatable bonds is 3. The van der Waals surface area contributed by atoms with Gasteiger partial charge in [0.25, 0.3) is 5.56 Å². The molecule has 0 aliphatic heterocycles. The van der Waals surface area contributed by atoms with Gasteiger partial charge < -0.3 is 5.73 Å². The second-order valence-electron chi connectivity index (χ2n) is 4.13. The predicted octanol–water partition coefficient (Wildman–Crippen LogP) is -0.207. The highest BCUT2D eigenvalue weighted by molar-refractivity contribution is 5.37. The third kappa shape index (κ3) is 2.23. The zero-order valence-electron chi connectivity index (χ0n) is 10.1. The van der Waals surface area contributed by atoms with Gasteiger partial charge in [0.2, 0.25) is 0 Å². The van der Waals surface area contributed by atoms with E-state index in [0.29, 0.717) is 30.1 Å². The molecule has 0 radical (unpaired) electrons. The van der Waals surface area contributed by atoms with Crippen molar-refractivity contribution >= 4 is 5.65 Å². The molecule has 0 saturated carbocycles. The molecule has 3 heterocycles. The van der Waals surface area contributed by atoms with E-state index in [1.165, 1.54) is 10.5 Å². The molecule has 3 aromatic heterocycles. The van der Waals surface area contributed by atoms with E-state index in [-0.39, 0.29) is 5.56 Å². The molecule has 0 unspecified atom stereocenters. The van der Waals surface area contributed by atoms with Crippen molar-refractivity contribution in [3.8, 4) is 0 Å². The summed E-state index contributed by atoms with van der Waals surface area (Å²) in [5.41, 5.74) is 7.32. The van der Waals surface area contributed by atoms with Gasteiger partial charge in [0.1, 0.15) is 5.65 Å². The molecule has 0 fully saturated rings. The van der Waals surface area contributed by atoms with Crippen molar-refractivity contribution in [2.75, 3.05) is 0 Å². The summed E-state index contributed by atoms with van der Waals surface area (Å²) in [5.74, 6) is 0. The van der Waals surface area contributed by atoms with Crippen molar-refractivity contribution < 1.29 is 0 Å². The van der Waals surface area contributed by atoms with Crippen LogP contribution in [0.25, 0.3) is 5.65 Å². The first kappa shape index (κ1) is 11.5. The van der Waals surface area contributed by atoms with E-state index in [9.17, 15) is 4.79 Å². The van der Waals surface area contributed by atoms with E-state index in [1.54, 1.807) is 29.2 Å². The van der Waals surface area contributed by atoms with Crippen molar-refractivity contribution in [3.63, 3.8) is 0 Å². The van der Waals surface area contributed by atoms with Gasteiger partial charge in [0.15, 0.2) is 0 Å². The maximum atomic E-state index is 11.9. The maximum absolute atomic E-state index is 11.9. The lowest BCUT2D eigenvalue weighted by Crippen LogP contribution is -2.16. The monoisotopic (exact) mass is 256 g/mol. The normalized spacial score (nSPS) is 11.0. The second-order valence-corrected chi connectivity index (χ2v) is 4.13. The minimum Gasteiger partial charge on any atom is -0.325 e. The van der Waals surface area contributed by atoms with Crippen LogP contribution in [-0.2, 0) is 13.1 Å². The molecule has 3 aromatic rings. The van der Waals surface area contributed by atoms with Crippen LogP contribution in [0.4, 0.5) is 0 Å². The number of fused-ring (bicyclic) bond motifs is 1. The first-order chi connectivity index (χ1) is 9.26. The molecule has 0 aliphatic carbocycles. The first-order valence-electron chi connectivity index (χ1n) is 5.82. The highest BCUT2D eigenvalue weighted by atomic mass is 16.1. The van der Waals surface area contributed by atoms with Gasteiger partial charge in [0.05, 0.1) is 24.1 Å². The quantitative estimate of drug-likeness (QED) is 0.700. The third-order valence-electron chi connectivity index (χ3n) is 2.74. The first-order valence-corrected chi connectivity index (χ1v) is 5.82. The molecular weight excluding hydrogens is 244 g/mol. The average molecular weight is 256 g/mol. The lowest BCUT2D eigenvalue weighted by atomic mass is 10.3. The van der Waals surface area contributed by atoms with Gasteiger partial charge in [-0.2, -0.15) is 0 Å². The van der Waals surface area contributed by atoms with Crippen molar-refractivity contribution in [1.29, 1.82) is 0 Å². The summed E-state index contributed by atoms with van der Waals surface area (Å²) in [4.78, 5) is 16.3. The van der Waals surface area contributed by atoms with Gasteiger partial charge in [-0.05, 0) is 12.1 Å². The Bertz CT molecular complexity index is 775. The van der Waals surface area contributed by atoms with Crippen molar-refractivity contribution in [3.05, 3.63) is 58.4 Å². The molecule has 0 saturated heterocycles. The summed E-state index contributed by atoms with van der Waals surface area (Å²) >= 11 is 0. The fourth-order valence-corrected chi connectivity index (χ4v) is 1.86. The summed E-state index contributed by atoms with van der Waals surface area (Å²) in [6, 6.07) is 6.92. The molecule has 0 amide bonds. The van der Waals surface area contributed by atoms with Gasteiger partial charge >= 0.3 is 0 Å². The lowest BCUT2D eigenvalue weighted by Gasteiger charge is -2.03. The largest absolute Gasteiger partial charge is 0.325 e. The molecule has 0 aromatic carbocycles. The molecule has 3 rings (SSSR count). The van der Waals surface area contributed by atoms with E-state index in [1.807, 2.05) is 6.07 Å². The van der Waals surface area contributed by atoms with E-state index in [4.69, 9.17) is 5.73 Å². The van der Waals surface area contributed by atoms with E-state index in [0.717, 1.165) is 0 Å². The Balaban J connectivity index is 1.99. The Labute approximate surface area is 108 Å². The Morgan fingerprint density at radius 2 is 2.16 bits per heavy atom. The number of pyridine rings is 1. The fourth-order valence-electron chi connectivity index (χ4n) is 1.86. The van der Waals surface area contributed by atoms with E-state index in [2.05, 4.69) is 15.3 Å². The Kier molecular flexibility index (Phi) is 2.81. The lowest BCUT2D eigenvalue weighted by molar-refractivity contribution is 0.637. The summed E-state index contributed by atoms with van der Waals surface area (Å²) in [5, 5.41) is 7.82. The topological polar surface area (TPSA) is 91.1 Å². The molecule has 7 heteroatoms. The molecule has 0 spiro atoms. The molecular formula is C12H12N6O. The van der Waals surface area contributed by atoms with Crippen LogP contribution in [0, 0.1) is 0 Å². The third-order valence-corrected chi connectivity index (χ3v) is 2.74. The van der Waals surface area contributed by atoms with Crippen LogP contribution >= 0.6 is 0 Å². The molecule has 0 aliphatic rings. The molecule has 19 heavy (non-hydrogen) atoms. The van der Waals surface area contributed by atoms with Gasteiger partial charge in [-0.3, -0.25) is 9.20 Å². The highest BCUT2D eigenvalue weighted by Gasteiger charge is 2.04. The minimum atomic E-state index is -0.111.